The number of morpholine rings is 1. The molecule has 1 atom stereocenters. The molecule has 102 valence electrons. The standard InChI is InChI=1S/C14H17FN2O2/c1-14(2)9-17(7-12(8-18)19-14)11-4-3-10(6-16)13(15)5-11/h3-5,12,18H,7-9H2,1-2H3. The Morgan fingerprint density at radius 1 is 1.58 bits per heavy atom. The molecule has 1 aromatic carbocycles. The van der Waals surface area contributed by atoms with Crippen molar-refractivity contribution >= 4 is 5.69 Å². The number of rotatable bonds is 2. The van der Waals surface area contributed by atoms with Crippen LogP contribution in [-0.4, -0.2) is 36.5 Å². The zero-order valence-electron chi connectivity index (χ0n) is 11.1. The number of nitriles is 1. The van der Waals surface area contributed by atoms with Gasteiger partial charge < -0.3 is 14.7 Å². The van der Waals surface area contributed by atoms with Crippen molar-refractivity contribution in [2.24, 2.45) is 0 Å². The average Bonchev–Trinajstić information content (AvgIpc) is 2.36. The van der Waals surface area contributed by atoms with Crippen LogP contribution in [0, 0.1) is 17.1 Å². The number of aliphatic hydroxyl groups is 1. The lowest BCUT2D eigenvalue weighted by Crippen LogP contribution is -2.54. The maximum absolute atomic E-state index is 13.6. The number of halogens is 1. The number of ether oxygens (including phenoxy) is 1. The summed E-state index contributed by atoms with van der Waals surface area (Å²) < 4.78 is 19.4. The average molecular weight is 264 g/mol. The fourth-order valence-corrected chi connectivity index (χ4v) is 2.38. The second-order valence-corrected chi connectivity index (χ2v) is 5.34. The number of hydrogen-bond donors (Lipinski definition) is 1. The zero-order valence-corrected chi connectivity index (χ0v) is 11.1. The zero-order chi connectivity index (χ0) is 14.0. The lowest BCUT2D eigenvalue weighted by atomic mass is 10.0. The molecule has 2 rings (SSSR count). The number of hydrogen-bond acceptors (Lipinski definition) is 4. The van der Waals surface area contributed by atoms with Crippen LogP contribution in [-0.2, 0) is 4.74 Å². The largest absolute Gasteiger partial charge is 0.394 e. The minimum Gasteiger partial charge on any atom is -0.394 e. The van der Waals surface area contributed by atoms with E-state index in [2.05, 4.69) is 0 Å². The van der Waals surface area contributed by atoms with Gasteiger partial charge >= 0.3 is 0 Å². The van der Waals surface area contributed by atoms with Crippen molar-refractivity contribution in [1.29, 1.82) is 5.26 Å². The predicted molar refractivity (Wildman–Crippen MR) is 69.4 cm³/mol. The second kappa shape index (κ2) is 5.16. The van der Waals surface area contributed by atoms with E-state index in [9.17, 15) is 9.50 Å². The van der Waals surface area contributed by atoms with Crippen molar-refractivity contribution in [3.63, 3.8) is 0 Å². The van der Waals surface area contributed by atoms with Gasteiger partial charge in [0.15, 0.2) is 0 Å². The second-order valence-electron chi connectivity index (χ2n) is 5.34. The Morgan fingerprint density at radius 3 is 2.89 bits per heavy atom. The molecule has 0 spiro atoms. The highest BCUT2D eigenvalue weighted by atomic mass is 19.1. The third kappa shape index (κ3) is 3.03. The molecular weight excluding hydrogens is 247 g/mol. The Bertz CT molecular complexity index is 511. The van der Waals surface area contributed by atoms with E-state index in [1.165, 1.54) is 12.1 Å². The minimum atomic E-state index is -0.523. The Kier molecular flexibility index (Phi) is 3.74. The smallest absolute Gasteiger partial charge is 0.143 e. The van der Waals surface area contributed by atoms with Gasteiger partial charge in [0.25, 0.3) is 0 Å². The van der Waals surface area contributed by atoms with Crippen LogP contribution in [0.2, 0.25) is 0 Å². The first kappa shape index (κ1) is 13.8. The SMILES string of the molecule is CC1(C)CN(c2ccc(C#N)c(F)c2)CC(CO)O1. The van der Waals surface area contributed by atoms with E-state index in [4.69, 9.17) is 10.00 Å². The molecule has 0 aliphatic carbocycles. The summed E-state index contributed by atoms with van der Waals surface area (Å²) in [6.07, 6.45) is -0.289. The van der Waals surface area contributed by atoms with Crippen LogP contribution in [0.5, 0.6) is 0 Å². The molecule has 19 heavy (non-hydrogen) atoms. The van der Waals surface area contributed by atoms with Gasteiger partial charge in [-0.25, -0.2) is 4.39 Å². The maximum atomic E-state index is 13.6. The molecule has 1 saturated heterocycles. The van der Waals surface area contributed by atoms with Crippen LogP contribution in [0.25, 0.3) is 0 Å². The summed E-state index contributed by atoms with van der Waals surface area (Å²) in [7, 11) is 0. The van der Waals surface area contributed by atoms with Gasteiger partial charge in [-0.15, -0.1) is 0 Å². The molecule has 0 amide bonds. The van der Waals surface area contributed by atoms with Gasteiger partial charge in [0, 0.05) is 18.8 Å². The van der Waals surface area contributed by atoms with E-state index in [1.807, 2.05) is 18.7 Å². The number of anilines is 1. The number of nitrogens with zero attached hydrogens (tertiary/aromatic N) is 2. The highest BCUT2D eigenvalue weighted by Gasteiger charge is 2.33. The summed E-state index contributed by atoms with van der Waals surface area (Å²) in [4.78, 5) is 1.97. The molecule has 1 N–H and O–H groups in total. The van der Waals surface area contributed by atoms with Gasteiger partial charge in [-0.05, 0) is 32.0 Å². The monoisotopic (exact) mass is 264 g/mol. The molecular formula is C14H17FN2O2. The molecule has 0 bridgehead atoms. The molecule has 1 aliphatic rings. The highest BCUT2D eigenvalue weighted by Crippen LogP contribution is 2.27. The Labute approximate surface area is 112 Å². The van der Waals surface area contributed by atoms with Crippen LogP contribution >= 0.6 is 0 Å². The summed E-state index contributed by atoms with van der Waals surface area (Å²) in [5.74, 6) is -0.523. The fourth-order valence-electron chi connectivity index (χ4n) is 2.38. The molecule has 1 aromatic rings. The van der Waals surface area contributed by atoms with Gasteiger partial charge in [-0.3, -0.25) is 0 Å². The molecule has 1 fully saturated rings. The van der Waals surface area contributed by atoms with Gasteiger partial charge in [-0.1, -0.05) is 0 Å². The van der Waals surface area contributed by atoms with E-state index in [0.717, 1.165) is 0 Å². The lowest BCUT2D eigenvalue weighted by Gasteiger charge is -2.43. The quantitative estimate of drug-likeness (QED) is 0.883. The molecule has 0 radical (unpaired) electrons. The van der Waals surface area contributed by atoms with Crippen molar-refractivity contribution in [2.45, 2.75) is 25.6 Å². The highest BCUT2D eigenvalue weighted by molar-refractivity contribution is 5.51. The van der Waals surface area contributed by atoms with Crippen molar-refractivity contribution in [1.82, 2.24) is 0 Å². The van der Waals surface area contributed by atoms with Gasteiger partial charge in [0.05, 0.1) is 23.9 Å². The normalized spacial score (nSPS) is 22.1. The summed E-state index contributed by atoms with van der Waals surface area (Å²) in [6.45, 7) is 4.91. The molecule has 0 saturated carbocycles. The summed E-state index contributed by atoms with van der Waals surface area (Å²) >= 11 is 0. The number of aliphatic hydroxyl groups excluding tert-OH is 1. The first-order valence-corrected chi connectivity index (χ1v) is 6.18. The summed E-state index contributed by atoms with van der Waals surface area (Å²) in [5.41, 5.74) is 0.331. The molecule has 1 aliphatic heterocycles. The van der Waals surface area contributed by atoms with Gasteiger partial charge in [-0.2, -0.15) is 5.26 Å². The van der Waals surface area contributed by atoms with Crippen molar-refractivity contribution < 1.29 is 14.2 Å². The van der Waals surface area contributed by atoms with Crippen molar-refractivity contribution in [2.75, 3.05) is 24.6 Å². The third-order valence-corrected chi connectivity index (χ3v) is 3.12. The van der Waals surface area contributed by atoms with Crippen LogP contribution in [0.1, 0.15) is 19.4 Å². The summed E-state index contributed by atoms with van der Waals surface area (Å²) in [6, 6.07) is 6.35. The molecule has 1 unspecified atom stereocenters. The van der Waals surface area contributed by atoms with E-state index < -0.39 is 11.4 Å². The first-order valence-electron chi connectivity index (χ1n) is 6.18. The van der Waals surface area contributed by atoms with Crippen LogP contribution in [0.4, 0.5) is 10.1 Å². The third-order valence-electron chi connectivity index (χ3n) is 3.12. The fraction of sp³-hybridized carbons (Fsp3) is 0.500. The van der Waals surface area contributed by atoms with Gasteiger partial charge in [0.2, 0.25) is 0 Å². The van der Waals surface area contributed by atoms with E-state index in [-0.39, 0.29) is 18.3 Å². The van der Waals surface area contributed by atoms with E-state index in [0.29, 0.717) is 18.8 Å². The Balaban J connectivity index is 2.26. The lowest BCUT2D eigenvalue weighted by molar-refractivity contribution is -0.101. The summed E-state index contributed by atoms with van der Waals surface area (Å²) in [5, 5.41) is 18.0. The first-order chi connectivity index (χ1) is 8.95. The topological polar surface area (TPSA) is 56.5 Å². The van der Waals surface area contributed by atoms with Crippen LogP contribution < -0.4 is 4.90 Å². The Hall–Kier alpha value is -1.64. The predicted octanol–water partition coefficient (Wildman–Crippen LogP) is 1.67. The number of benzene rings is 1. The molecule has 0 aromatic heterocycles. The molecule has 5 heteroatoms. The molecule has 1 heterocycles. The van der Waals surface area contributed by atoms with Crippen molar-refractivity contribution in [3.05, 3.63) is 29.6 Å². The van der Waals surface area contributed by atoms with Crippen molar-refractivity contribution in [3.8, 4) is 6.07 Å². The van der Waals surface area contributed by atoms with E-state index >= 15 is 0 Å². The Morgan fingerprint density at radius 2 is 2.32 bits per heavy atom. The molecule has 4 nitrogen and oxygen atoms in total. The van der Waals surface area contributed by atoms with Crippen LogP contribution in [0.15, 0.2) is 18.2 Å². The van der Waals surface area contributed by atoms with E-state index in [1.54, 1.807) is 12.1 Å². The maximum Gasteiger partial charge on any atom is 0.143 e. The minimum absolute atomic E-state index is 0.0370. The van der Waals surface area contributed by atoms with Gasteiger partial charge in [0.1, 0.15) is 11.9 Å². The van der Waals surface area contributed by atoms with Crippen LogP contribution in [0.3, 0.4) is 0 Å².